The predicted molar refractivity (Wildman–Crippen MR) is 142 cm³/mol. The lowest BCUT2D eigenvalue weighted by molar-refractivity contribution is -0.139. The lowest BCUT2D eigenvalue weighted by atomic mass is 10.1. The van der Waals surface area contributed by atoms with Crippen molar-refractivity contribution >= 4 is 40.6 Å². The zero-order valence-electron chi connectivity index (χ0n) is 19.8. The number of nitrogens with one attached hydrogen (secondary N) is 1. The summed E-state index contributed by atoms with van der Waals surface area (Å²) in [7, 11) is 0. The molecule has 2 aromatic carbocycles. The van der Waals surface area contributed by atoms with Gasteiger partial charge in [-0.25, -0.2) is 0 Å². The van der Waals surface area contributed by atoms with Crippen LogP contribution in [0.2, 0.25) is 0 Å². The van der Waals surface area contributed by atoms with Crippen molar-refractivity contribution in [2.24, 2.45) is 5.73 Å². The Balaban J connectivity index is 0.00000324. The molecule has 1 saturated heterocycles. The summed E-state index contributed by atoms with van der Waals surface area (Å²) in [6.45, 7) is 5.71. The van der Waals surface area contributed by atoms with Crippen LogP contribution in [0.4, 0.5) is 11.4 Å². The smallest absolute Gasteiger partial charge is 0.263 e. The minimum absolute atomic E-state index is 0. The second-order valence-corrected chi connectivity index (χ2v) is 8.71. The van der Waals surface area contributed by atoms with E-state index in [-0.39, 0.29) is 18.3 Å². The number of unbranched alkanes of at least 4 members (excludes halogenated alkanes) is 1. The summed E-state index contributed by atoms with van der Waals surface area (Å²) in [5, 5.41) is 1.11. The number of hydrogen-bond acceptors (Lipinski definition) is 5. The molecule has 0 bridgehead atoms. The molecule has 1 fully saturated rings. The van der Waals surface area contributed by atoms with Gasteiger partial charge in [-0.1, -0.05) is 13.3 Å². The van der Waals surface area contributed by atoms with E-state index >= 15 is 0 Å². The Morgan fingerprint density at radius 2 is 1.85 bits per heavy atom. The predicted octanol–water partition coefficient (Wildman–Crippen LogP) is 3.96. The molecule has 1 aliphatic heterocycles. The molecule has 34 heavy (non-hydrogen) atoms. The fourth-order valence-electron chi connectivity index (χ4n) is 4.45. The van der Waals surface area contributed by atoms with E-state index in [4.69, 9.17) is 16.2 Å². The Bertz CT molecular complexity index is 1060. The first-order valence-electron chi connectivity index (χ1n) is 11.9. The Hall–Kier alpha value is -2.90. The number of nitrogens with zero attached hydrogens (tertiary/aromatic N) is 2. The fourth-order valence-corrected chi connectivity index (χ4v) is 4.45. The van der Waals surface area contributed by atoms with E-state index in [1.807, 2.05) is 53.6 Å². The first kappa shape index (κ1) is 25.7. The largest absolute Gasteiger partial charge is 0.481 e. The molecule has 1 unspecified atom stereocenters. The van der Waals surface area contributed by atoms with E-state index in [0.717, 1.165) is 60.4 Å². The first-order valence-corrected chi connectivity index (χ1v) is 11.9. The van der Waals surface area contributed by atoms with Crippen molar-refractivity contribution in [2.75, 3.05) is 43.4 Å². The highest BCUT2D eigenvalue weighted by molar-refractivity contribution is 5.86. The van der Waals surface area contributed by atoms with Crippen LogP contribution in [0.15, 0.2) is 48.7 Å². The lowest BCUT2D eigenvalue weighted by Gasteiger charge is -2.37. The van der Waals surface area contributed by atoms with Gasteiger partial charge < -0.3 is 31.0 Å². The Labute approximate surface area is 207 Å². The second kappa shape index (κ2) is 12.0. The van der Waals surface area contributed by atoms with Gasteiger partial charge in [0.2, 0.25) is 0 Å². The molecule has 8 heteroatoms. The van der Waals surface area contributed by atoms with Gasteiger partial charge in [0, 0.05) is 54.7 Å². The van der Waals surface area contributed by atoms with E-state index in [0.29, 0.717) is 26.1 Å². The number of carbonyl (C=O) groups is 1. The van der Waals surface area contributed by atoms with Crippen molar-refractivity contribution < 1.29 is 9.53 Å². The summed E-state index contributed by atoms with van der Waals surface area (Å²) in [5.41, 5.74) is 15.7. The number of nitrogens with two attached hydrogens (primary N) is 2. The molecular weight excluding hydrogens is 450 g/mol. The maximum Gasteiger partial charge on any atom is 0.263 e. The van der Waals surface area contributed by atoms with E-state index in [1.165, 1.54) is 5.56 Å². The molecule has 184 valence electrons. The number of aromatic amines is 1. The van der Waals surface area contributed by atoms with Crippen molar-refractivity contribution in [3.63, 3.8) is 0 Å². The van der Waals surface area contributed by atoms with Gasteiger partial charge in [0.15, 0.2) is 6.10 Å². The molecule has 0 spiro atoms. The SMILES string of the molecule is CCCCC(Oc1ccc2[nH]cc(CCN)c2c1)C(=O)N1CCN(c2ccc(N)cc2)CC1.Cl. The van der Waals surface area contributed by atoms with Gasteiger partial charge in [-0.3, -0.25) is 4.79 Å². The topological polar surface area (TPSA) is 101 Å². The van der Waals surface area contributed by atoms with E-state index < -0.39 is 6.10 Å². The van der Waals surface area contributed by atoms with Crippen LogP contribution in [-0.2, 0) is 11.2 Å². The quantitative estimate of drug-likeness (QED) is 0.398. The first-order chi connectivity index (χ1) is 16.1. The number of rotatable bonds is 9. The highest BCUT2D eigenvalue weighted by Crippen LogP contribution is 2.26. The molecule has 4 rings (SSSR count). The van der Waals surface area contributed by atoms with Crippen molar-refractivity contribution in [1.82, 2.24) is 9.88 Å². The molecule has 0 aliphatic carbocycles. The number of benzene rings is 2. The average molecular weight is 486 g/mol. The standard InChI is InChI=1S/C26H35N5O2.ClH/c1-2-3-4-25(33-22-9-10-24-23(17-22)19(11-12-27)18-29-24)26(32)31-15-13-30(14-16-31)21-7-5-20(28)6-8-21;/h5-10,17-18,25,29H,2-4,11-16,27-28H2,1H3;1H. The molecule has 0 saturated carbocycles. The molecule has 1 atom stereocenters. The Morgan fingerprint density at radius 3 is 2.53 bits per heavy atom. The van der Waals surface area contributed by atoms with Gasteiger partial charge in [-0.15, -0.1) is 12.4 Å². The van der Waals surface area contributed by atoms with Gasteiger partial charge in [0.25, 0.3) is 5.91 Å². The van der Waals surface area contributed by atoms with E-state index in [1.54, 1.807) is 0 Å². The molecule has 7 nitrogen and oxygen atoms in total. The number of fused-ring (bicyclic) bond motifs is 1. The minimum Gasteiger partial charge on any atom is -0.481 e. The number of anilines is 2. The highest BCUT2D eigenvalue weighted by Gasteiger charge is 2.29. The minimum atomic E-state index is -0.470. The molecule has 2 heterocycles. The number of piperazine rings is 1. The summed E-state index contributed by atoms with van der Waals surface area (Å²) in [4.78, 5) is 21.0. The van der Waals surface area contributed by atoms with Crippen molar-refractivity contribution in [3.8, 4) is 5.75 Å². The summed E-state index contributed by atoms with van der Waals surface area (Å²) < 4.78 is 6.30. The number of halogens is 1. The summed E-state index contributed by atoms with van der Waals surface area (Å²) in [5.74, 6) is 0.812. The van der Waals surface area contributed by atoms with Crippen LogP contribution in [0, 0.1) is 0 Å². The van der Waals surface area contributed by atoms with Crippen molar-refractivity contribution in [3.05, 3.63) is 54.2 Å². The number of ether oxygens (including phenoxy) is 1. The Morgan fingerprint density at radius 1 is 1.12 bits per heavy atom. The van der Waals surface area contributed by atoms with Crippen LogP contribution in [0.3, 0.4) is 0 Å². The maximum absolute atomic E-state index is 13.4. The zero-order valence-corrected chi connectivity index (χ0v) is 20.7. The van der Waals surface area contributed by atoms with Crippen LogP contribution in [0.25, 0.3) is 10.9 Å². The average Bonchev–Trinajstić information content (AvgIpc) is 3.24. The summed E-state index contributed by atoms with van der Waals surface area (Å²) in [6, 6.07) is 13.9. The molecule has 5 N–H and O–H groups in total. The van der Waals surface area contributed by atoms with Crippen LogP contribution in [-0.4, -0.2) is 54.6 Å². The normalized spacial score (nSPS) is 14.6. The molecular formula is C26H36ClN5O2. The number of amides is 1. The molecule has 1 aliphatic rings. The molecule has 1 aromatic heterocycles. The maximum atomic E-state index is 13.4. The highest BCUT2D eigenvalue weighted by atomic mass is 35.5. The van der Waals surface area contributed by atoms with Crippen molar-refractivity contribution in [2.45, 2.75) is 38.7 Å². The number of aromatic nitrogens is 1. The van der Waals surface area contributed by atoms with E-state index in [2.05, 4.69) is 16.8 Å². The number of H-pyrrole nitrogens is 1. The molecule has 0 radical (unpaired) electrons. The zero-order chi connectivity index (χ0) is 23.2. The fraction of sp³-hybridized carbons (Fsp3) is 0.423. The van der Waals surface area contributed by atoms with Crippen LogP contribution in [0.1, 0.15) is 31.7 Å². The third-order valence-corrected chi connectivity index (χ3v) is 6.38. The van der Waals surface area contributed by atoms with Gasteiger partial charge >= 0.3 is 0 Å². The van der Waals surface area contributed by atoms with Crippen LogP contribution < -0.4 is 21.1 Å². The molecule has 3 aromatic rings. The number of carbonyl (C=O) groups excluding carboxylic acids is 1. The van der Waals surface area contributed by atoms with Crippen molar-refractivity contribution in [1.29, 1.82) is 0 Å². The summed E-state index contributed by atoms with van der Waals surface area (Å²) in [6.07, 6.45) is 5.03. The third kappa shape index (κ3) is 5.96. The van der Waals surface area contributed by atoms with E-state index in [9.17, 15) is 4.79 Å². The third-order valence-electron chi connectivity index (χ3n) is 6.38. The van der Waals surface area contributed by atoms with Gasteiger partial charge in [0.05, 0.1) is 0 Å². The van der Waals surface area contributed by atoms with Gasteiger partial charge in [-0.2, -0.15) is 0 Å². The molecule has 1 amide bonds. The second-order valence-electron chi connectivity index (χ2n) is 8.71. The number of hydrogen-bond donors (Lipinski definition) is 3. The van der Waals surface area contributed by atoms with Crippen LogP contribution >= 0.6 is 12.4 Å². The monoisotopic (exact) mass is 485 g/mol. The number of nitrogen functional groups attached to an aromatic ring is 1. The van der Waals surface area contributed by atoms with Crippen LogP contribution in [0.5, 0.6) is 5.75 Å². The van der Waals surface area contributed by atoms with Gasteiger partial charge in [-0.05, 0) is 73.8 Å². The lowest BCUT2D eigenvalue weighted by Crippen LogP contribution is -2.52. The summed E-state index contributed by atoms with van der Waals surface area (Å²) >= 11 is 0. The van der Waals surface area contributed by atoms with Gasteiger partial charge in [0.1, 0.15) is 5.75 Å². The Kier molecular flexibility index (Phi) is 9.07.